The highest BCUT2D eigenvalue weighted by Gasteiger charge is 2.20. The number of hydrogen-bond donors (Lipinski definition) is 1. The first kappa shape index (κ1) is 19.4. The molecule has 0 radical (unpaired) electrons. The van der Waals surface area contributed by atoms with Crippen LogP contribution in [0.4, 0.5) is 5.69 Å². The molecule has 1 aromatic heterocycles. The van der Waals surface area contributed by atoms with Crippen LogP contribution in [-0.2, 0) is 11.8 Å². The molecule has 1 heterocycles. The average Bonchev–Trinajstić information content (AvgIpc) is 2.91. The highest BCUT2D eigenvalue weighted by Crippen LogP contribution is 2.20. The van der Waals surface area contributed by atoms with Crippen molar-refractivity contribution in [2.75, 3.05) is 5.32 Å². The SMILES string of the molecule is Cc1c(NC(=O)C(C#N)=Cc2ccccc2Br)c(=O)n(-c2ccccc2)n1C. The van der Waals surface area contributed by atoms with Crippen molar-refractivity contribution in [2.45, 2.75) is 6.92 Å². The van der Waals surface area contributed by atoms with E-state index in [1.807, 2.05) is 42.5 Å². The van der Waals surface area contributed by atoms with Crippen molar-refractivity contribution in [3.8, 4) is 11.8 Å². The molecule has 0 aliphatic heterocycles. The molecule has 0 unspecified atom stereocenters. The molecular weight excluding hydrogens is 420 g/mol. The van der Waals surface area contributed by atoms with Crippen molar-refractivity contribution in [2.24, 2.45) is 7.05 Å². The van der Waals surface area contributed by atoms with E-state index in [0.29, 0.717) is 16.9 Å². The van der Waals surface area contributed by atoms with Gasteiger partial charge in [0.15, 0.2) is 0 Å². The molecule has 0 bridgehead atoms. The van der Waals surface area contributed by atoms with E-state index < -0.39 is 5.91 Å². The van der Waals surface area contributed by atoms with Crippen LogP contribution in [0.25, 0.3) is 11.8 Å². The molecule has 0 aliphatic rings. The van der Waals surface area contributed by atoms with Gasteiger partial charge in [-0.15, -0.1) is 0 Å². The van der Waals surface area contributed by atoms with E-state index in [1.54, 1.807) is 36.9 Å². The number of amides is 1. The van der Waals surface area contributed by atoms with Gasteiger partial charge in [0.05, 0.1) is 11.4 Å². The molecule has 3 aromatic rings. The number of aromatic nitrogens is 2. The monoisotopic (exact) mass is 436 g/mol. The molecule has 0 saturated heterocycles. The normalized spacial score (nSPS) is 11.1. The van der Waals surface area contributed by atoms with Gasteiger partial charge in [-0.05, 0) is 36.8 Å². The summed E-state index contributed by atoms with van der Waals surface area (Å²) >= 11 is 3.39. The first-order valence-electron chi connectivity index (χ1n) is 8.45. The Morgan fingerprint density at radius 2 is 1.79 bits per heavy atom. The van der Waals surface area contributed by atoms with Crippen LogP contribution in [0.15, 0.2) is 69.4 Å². The highest BCUT2D eigenvalue weighted by molar-refractivity contribution is 9.10. The van der Waals surface area contributed by atoms with Gasteiger partial charge in [-0.2, -0.15) is 5.26 Å². The van der Waals surface area contributed by atoms with Gasteiger partial charge in [-0.1, -0.05) is 52.3 Å². The lowest BCUT2D eigenvalue weighted by Gasteiger charge is -2.07. The maximum absolute atomic E-state index is 12.9. The third kappa shape index (κ3) is 3.68. The van der Waals surface area contributed by atoms with Gasteiger partial charge in [0.2, 0.25) is 0 Å². The molecule has 0 spiro atoms. The summed E-state index contributed by atoms with van der Waals surface area (Å²) in [6.45, 7) is 1.74. The van der Waals surface area contributed by atoms with Crippen molar-refractivity contribution < 1.29 is 4.79 Å². The Morgan fingerprint density at radius 3 is 2.43 bits per heavy atom. The molecule has 1 N–H and O–H groups in total. The third-order valence-electron chi connectivity index (χ3n) is 4.36. The second-order valence-corrected chi connectivity index (χ2v) is 6.94. The van der Waals surface area contributed by atoms with Crippen LogP contribution in [0.5, 0.6) is 0 Å². The summed E-state index contributed by atoms with van der Waals surface area (Å²) in [6.07, 6.45) is 1.48. The minimum absolute atomic E-state index is 0.0965. The second-order valence-electron chi connectivity index (χ2n) is 6.08. The summed E-state index contributed by atoms with van der Waals surface area (Å²) in [5, 5.41) is 12.0. The van der Waals surface area contributed by atoms with Crippen molar-refractivity contribution in [3.63, 3.8) is 0 Å². The van der Waals surface area contributed by atoms with Crippen LogP contribution in [0.3, 0.4) is 0 Å². The summed E-state index contributed by atoms with van der Waals surface area (Å²) in [5.41, 5.74) is 1.65. The lowest BCUT2D eigenvalue weighted by Crippen LogP contribution is -2.23. The van der Waals surface area contributed by atoms with Gasteiger partial charge in [0, 0.05) is 11.5 Å². The number of nitriles is 1. The number of nitrogens with one attached hydrogen (secondary N) is 1. The van der Waals surface area contributed by atoms with Crippen LogP contribution < -0.4 is 10.9 Å². The molecule has 0 aliphatic carbocycles. The van der Waals surface area contributed by atoms with Gasteiger partial charge in [0.1, 0.15) is 17.3 Å². The zero-order valence-electron chi connectivity index (χ0n) is 15.3. The number of para-hydroxylation sites is 1. The molecule has 0 atom stereocenters. The molecule has 1 amide bonds. The Hall–Kier alpha value is -3.37. The van der Waals surface area contributed by atoms with Crippen molar-refractivity contribution >= 4 is 33.6 Å². The molecule has 28 heavy (non-hydrogen) atoms. The first-order chi connectivity index (χ1) is 13.4. The molecule has 3 rings (SSSR count). The standard InChI is InChI=1S/C21H17BrN4O2/c1-14-19(21(28)26(25(14)2)17-9-4-3-5-10-17)24-20(27)16(13-23)12-15-8-6-7-11-18(15)22/h3-12H,1-2H3,(H,24,27). The molecule has 7 heteroatoms. The fourth-order valence-corrected chi connectivity index (χ4v) is 3.19. The number of hydrogen-bond acceptors (Lipinski definition) is 3. The van der Waals surface area contributed by atoms with Gasteiger partial charge < -0.3 is 5.32 Å². The van der Waals surface area contributed by atoms with Crippen LogP contribution in [0.2, 0.25) is 0 Å². The van der Waals surface area contributed by atoms with E-state index in [0.717, 1.165) is 4.47 Å². The van der Waals surface area contributed by atoms with Crippen molar-refractivity contribution in [1.82, 2.24) is 9.36 Å². The predicted molar refractivity (Wildman–Crippen MR) is 112 cm³/mol. The largest absolute Gasteiger partial charge is 0.315 e. The van der Waals surface area contributed by atoms with E-state index in [1.165, 1.54) is 10.8 Å². The molecule has 2 aromatic carbocycles. The third-order valence-corrected chi connectivity index (χ3v) is 5.09. The fourth-order valence-electron chi connectivity index (χ4n) is 2.79. The van der Waals surface area contributed by atoms with E-state index in [2.05, 4.69) is 21.2 Å². The number of nitrogens with zero attached hydrogens (tertiary/aromatic N) is 3. The van der Waals surface area contributed by atoms with Crippen LogP contribution in [0, 0.1) is 18.3 Å². The maximum atomic E-state index is 12.9. The van der Waals surface area contributed by atoms with E-state index in [4.69, 9.17) is 0 Å². The molecule has 140 valence electrons. The lowest BCUT2D eigenvalue weighted by atomic mass is 10.1. The quantitative estimate of drug-likeness (QED) is 0.498. The van der Waals surface area contributed by atoms with Crippen LogP contribution in [0.1, 0.15) is 11.3 Å². The number of benzene rings is 2. The first-order valence-corrected chi connectivity index (χ1v) is 9.25. The van der Waals surface area contributed by atoms with Crippen molar-refractivity contribution in [1.29, 1.82) is 5.26 Å². The molecular formula is C21H17BrN4O2. The Labute approximate surface area is 170 Å². The zero-order valence-corrected chi connectivity index (χ0v) is 16.9. The van der Waals surface area contributed by atoms with E-state index in [9.17, 15) is 14.9 Å². The highest BCUT2D eigenvalue weighted by atomic mass is 79.9. The molecule has 0 saturated carbocycles. The predicted octanol–water partition coefficient (Wildman–Crippen LogP) is 3.79. The summed E-state index contributed by atoms with van der Waals surface area (Å²) in [5.74, 6) is -0.635. The molecule has 0 fully saturated rings. The summed E-state index contributed by atoms with van der Waals surface area (Å²) < 4.78 is 3.89. The van der Waals surface area contributed by atoms with Crippen molar-refractivity contribution in [3.05, 3.63) is 86.3 Å². The van der Waals surface area contributed by atoms with Crippen LogP contribution in [-0.4, -0.2) is 15.3 Å². The van der Waals surface area contributed by atoms with Gasteiger partial charge in [-0.3, -0.25) is 14.3 Å². The molecule has 6 nitrogen and oxygen atoms in total. The minimum atomic E-state index is -0.635. The average molecular weight is 437 g/mol. The lowest BCUT2D eigenvalue weighted by molar-refractivity contribution is -0.112. The van der Waals surface area contributed by atoms with E-state index >= 15 is 0 Å². The smallest absolute Gasteiger partial charge is 0.295 e. The Morgan fingerprint density at radius 1 is 1.14 bits per heavy atom. The maximum Gasteiger partial charge on any atom is 0.295 e. The van der Waals surface area contributed by atoms with Gasteiger partial charge in [-0.25, -0.2) is 4.68 Å². The summed E-state index contributed by atoms with van der Waals surface area (Å²) in [6, 6.07) is 18.3. The van der Waals surface area contributed by atoms with Gasteiger partial charge >= 0.3 is 0 Å². The topological polar surface area (TPSA) is 79.8 Å². The van der Waals surface area contributed by atoms with Crippen LogP contribution >= 0.6 is 15.9 Å². The Kier molecular flexibility index (Phi) is 5.62. The summed E-state index contributed by atoms with van der Waals surface area (Å²) in [4.78, 5) is 25.5. The minimum Gasteiger partial charge on any atom is -0.315 e. The Balaban J connectivity index is 1.98. The Bertz CT molecular complexity index is 1170. The second kappa shape index (κ2) is 8.11. The number of rotatable bonds is 4. The number of anilines is 1. The van der Waals surface area contributed by atoms with E-state index in [-0.39, 0.29) is 16.8 Å². The number of carbonyl (C=O) groups is 1. The number of halogens is 1. The number of carbonyl (C=O) groups excluding carboxylic acids is 1. The van der Waals surface area contributed by atoms with Gasteiger partial charge in [0.25, 0.3) is 11.5 Å². The summed E-state index contributed by atoms with van der Waals surface area (Å²) in [7, 11) is 1.74. The zero-order chi connectivity index (χ0) is 20.3. The fraction of sp³-hybridized carbons (Fsp3) is 0.0952.